The molecule has 72 valence electrons. The van der Waals surface area contributed by atoms with Crippen LogP contribution < -0.4 is 0 Å². The lowest BCUT2D eigenvalue weighted by Gasteiger charge is -2.02. The summed E-state index contributed by atoms with van der Waals surface area (Å²) in [5.74, 6) is 1.88. The lowest BCUT2D eigenvalue weighted by Crippen LogP contribution is -1.87. The zero-order chi connectivity index (χ0) is 9.38. The van der Waals surface area contributed by atoms with Crippen molar-refractivity contribution >= 4 is 11.0 Å². The van der Waals surface area contributed by atoms with Crippen LogP contribution in [-0.2, 0) is 0 Å². The van der Waals surface area contributed by atoms with E-state index in [1.165, 1.54) is 36.8 Å². The molecule has 1 fully saturated rings. The molecular formula is C13H14O. The minimum atomic E-state index is 0.683. The van der Waals surface area contributed by atoms with E-state index in [9.17, 15) is 0 Å². The molecule has 0 unspecified atom stereocenters. The predicted octanol–water partition coefficient (Wildman–Crippen LogP) is 4.09. The van der Waals surface area contributed by atoms with Gasteiger partial charge in [-0.2, -0.15) is 0 Å². The van der Waals surface area contributed by atoms with Gasteiger partial charge >= 0.3 is 0 Å². The maximum Gasteiger partial charge on any atom is 0.134 e. The van der Waals surface area contributed by atoms with Crippen molar-refractivity contribution in [1.29, 1.82) is 0 Å². The first-order valence-electron chi connectivity index (χ1n) is 5.42. The van der Waals surface area contributed by atoms with E-state index in [0.717, 1.165) is 5.58 Å². The van der Waals surface area contributed by atoms with E-state index in [2.05, 4.69) is 18.2 Å². The Morgan fingerprint density at radius 3 is 2.64 bits per heavy atom. The molecule has 0 spiro atoms. The van der Waals surface area contributed by atoms with Crippen molar-refractivity contribution < 1.29 is 4.42 Å². The molecule has 0 aliphatic heterocycles. The minimum absolute atomic E-state index is 0.683. The zero-order valence-corrected chi connectivity index (χ0v) is 8.20. The predicted molar refractivity (Wildman–Crippen MR) is 57.4 cm³/mol. The molecule has 1 nitrogen and oxygen atoms in total. The summed E-state index contributed by atoms with van der Waals surface area (Å²) in [7, 11) is 0. The topological polar surface area (TPSA) is 13.1 Å². The Labute approximate surface area is 83.7 Å². The first kappa shape index (κ1) is 8.10. The molecule has 0 atom stereocenters. The van der Waals surface area contributed by atoms with E-state index in [4.69, 9.17) is 4.42 Å². The molecule has 1 aliphatic carbocycles. The largest absolute Gasteiger partial charge is 0.461 e. The Kier molecular flexibility index (Phi) is 1.83. The summed E-state index contributed by atoms with van der Waals surface area (Å²) in [4.78, 5) is 0. The van der Waals surface area contributed by atoms with Crippen LogP contribution in [-0.4, -0.2) is 0 Å². The normalized spacial score (nSPS) is 18.0. The van der Waals surface area contributed by atoms with Gasteiger partial charge in [0.25, 0.3) is 0 Å². The van der Waals surface area contributed by atoms with Gasteiger partial charge in [0.1, 0.15) is 11.3 Å². The third-order valence-corrected chi connectivity index (χ3v) is 3.20. The van der Waals surface area contributed by atoms with Crippen molar-refractivity contribution in [3.8, 4) is 0 Å². The molecule has 1 heterocycles. The highest BCUT2D eigenvalue weighted by Crippen LogP contribution is 2.36. The second kappa shape index (κ2) is 3.16. The summed E-state index contributed by atoms with van der Waals surface area (Å²) in [6.07, 6.45) is 5.34. The van der Waals surface area contributed by atoms with Crippen LogP contribution in [0.25, 0.3) is 11.0 Å². The van der Waals surface area contributed by atoms with Gasteiger partial charge in [0.15, 0.2) is 0 Å². The molecule has 1 aromatic heterocycles. The van der Waals surface area contributed by atoms with Crippen molar-refractivity contribution in [2.75, 3.05) is 0 Å². The maximum atomic E-state index is 5.85. The second-order valence-electron chi connectivity index (χ2n) is 4.17. The van der Waals surface area contributed by atoms with Gasteiger partial charge in [-0.05, 0) is 25.0 Å². The average Bonchev–Trinajstić information content (AvgIpc) is 2.86. The van der Waals surface area contributed by atoms with E-state index in [0.29, 0.717) is 5.92 Å². The lowest BCUT2D eigenvalue weighted by atomic mass is 10.1. The van der Waals surface area contributed by atoms with E-state index >= 15 is 0 Å². The Balaban J connectivity index is 2.05. The van der Waals surface area contributed by atoms with Crippen LogP contribution in [0.1, 0.15) is 37.4 Å². The fourth-order valence-corrected chi connectivity index (χ4v) is 2.41. The number of para-hydroxylation sites is 1. The molecule has 14 heavy (non-hydrogen) atoms. The van der Waals surface area contributed by atoms with Gasteiger partial charge < -0.3 is 4.42 Å². The molecule has 0 amide bonds. The van der Waals surface area contributed by atoms with E-state index < -0.39 is 0 Å². The SMILES string of the molecule is c1ccc2oc(C3CCCC3)cc2c1. The number of hydrogen-bond acceptors (Lipinski definition) is 1. The van der Waals surface area contributed by atoms with Gasteiger partial charge in [0, 0.05) is 11.3 Å². The van der Waals surface area contributed by atoms with Crippen LogP contribution in [0.3, 0.4) is 0 Å². The van der Waals surface area contributed by atoms with Crippen LogP contribution in [0.2, 0.25) is 0 Å². The van der Waals surface area contributed by atoms with Crippen LogP contribution in [0.5, 0.6) is 0 Å². The van der Waals surface area contributed by atoms with Crippen molar-refractivity contribution in [2.45, 2.75) is 31.6 Å². The second-order valence-corrected chi connectivity index (χ2v) is 4.17. The highest BCUT2D eigenvalue weighted by molar-refractivity contribution is 5.77. The highest BCUT2D eigenvalue weighted by atomic mass is 16.3. The van der Waals surface area contributed by atoms with Crippen LogP contribution in [0.4, 0.5) is 0 Å². The average molecular weight is 186 g/mol. The van der Waals surface area contributed by atoms with E-state index in [1.807, 2.05) is 12.1 Å². The van der Waals surface area contributed by atoms with Gasteiger partial charge in [-0.25, -0.2) is 0 Å². The Bertz CT molecular complexity index is 402. The minimum Gasteiger partial charge on any atom is -0.461 e. The van der Waals surface area contributed by atoms with Gasteiger partial charge in [0.2, 0.25) is 0 Å². The van der Waals surface area contributed by atoms with Crippen LogP contribution >= 0.6 is 0 Å². The van der Waals surface area contributed by atoms with E-state index in [1.54, 1.807) is 0 Å². The van der Waals surface area contributed by atoms with Gasteiger partial charge in [-0.1, -0.05) is 31.0 Å². The monoisotopic (exact) mass is 186 g/mol. The molecule has 0 radical (unpaired) electrons. The van der Waals surface area contributed by atoms with Gasteiger partial charge in [-0.3, -0.25) is 0 Å². The number of furan rings is 1. The summed E-state index contributed by atoms with van der Waals surface area (Å²) in [6.45, 7) is 0. The molecule has 0 N–H and O–H groups in total. The van der Waals surface area contributed by atoms with Crippen molar-refractivity contribution in [1.82, 2.24) is 0 Å². The van der Waals surface area contributed by atoms with E-state index in [-0.39, 0.29) is 0 Å². The molecular weight excluding hydrogens is 172 g/mol. The Hall–Kier alpha value is -1.24. The van der Waals surface area contributed by atoms with Crippen molar-refractivity contribution in [3.63, 3.8) is 0 Å². The Morgan fingerprint density at radius 2 is 1.86 bits per heavy atom. The first-order chi connectivity index (χ1) is 6.93. The zero-order valence-electron chi connectivity index (χ0n) is 8.20. The number of rotatable bonds is 1. The smallest absolute Gasteiger partial charge is 0.134 e. The molecule has 1 heteroatoms. The summed E-state index contributed by atoms with van der Waals surface area (Å²) in [5, 5.41) is 1.24. The van der Waals surface area contributed by atoms with Crippen LogP contribution in [0, 0.1) is 0 Å². The molecule has 1 aliphatic rings. The third kappa shape index (κ3) is 1.24. The van der Waals surface area contributed by atoms with Gasteiger partial charge in [-0.15, -0.1) is 0 Å². The fourth-order valence-electron chi connectivity index (χ4n) is 2.41. The maximum absolute atomic E-state index is 5.85. The third-order valence-electron chi connectivity index (χ3n) is 3.20. The number of fused-ring (bicyclic) bond motifs is 1. The summed E-state index contributed by atoms with van der Waals surface area (Å²) in [6, 6.07) is 10.5. The van der Waals surface area contributed by atoms with Crippen molar-refractivity contribution in [3.05, 3.63) is 36.1 Å². The first-order valence-corrected chi connectivity index (χ1v) is 5.42. The molecule has 1 aromatic carbocycles. The molecule has 1 saturated carbocycles. The molecule has 2 aromatic rings. The number of hydrogen-bond donors (Lipinski definition) is 0. The summed E-state index contributed by atoms with van der Waals surface area (Å²) >= 11 is 0. The Morgan fingerprint density at radius 1 is 1.07 bits per heavy atom. The standard InChI is InChI=1S/C13H14O/c1-2-6-10(5-1)13-9-11-7-3-4-8-12(11)14-13/h3-4,7-10H,1-2,5-6H2. The summed E-state index contributed by atoms with van der Waals surface area (Å²) in [5.41, 5.74) is 1.04. The fraction of sp³-hybridized carbons (Fsp3) is 0.385. The quantitative estimate of drug-likeness (QED) is 0.653. The molecule has 3 rings (SSSR count). The van der Waals surface area contributed by atoms with Gasteiger partial charge in [0.05, 0.1) is 0 Å². The van der Waals surface area contributed by atoms with Crippen molar-refractivity contribution in [2.24, 2.45) is 0 Å². The number of benzene rings is 1. The highest BCUT2D eigenvalue weighted by Gasteiger charge is 2.20. The summed E-state index contributed by atoms with van der Waals surface area (Å²) < 4.78 is 5.85. The van der Waals surface area contributed by atoms with Crippen LogP contribution in [0.15, 0.2) is 34.7 Å². The molecule has 0 saturated heterocycles. The lowest BCUT2D eigenvalue weighted by molar-refractivity contribution is 0.494. The molecule has 0 bridgehead atoms.